The maximum atomic E-state index is 5.98. The number of guanidine groups is 1. The van der Waals surface area contributed by atoms with Crippen molar-refractivity contribution in [2.24, 2.45) is 4.99 Å². The number of hydrogen-bond acceptors (Lipinski definition) is 6. The first kappa shape index (κ1) is 26.3. The lowest BCUT2D eigenvalue weighted by Gasteiger charge is -2.37. The van der Waals surface area contributed by atoms with Crippen LogP contribution in [0.25, 0.3) is 0 Å². The molecule has 0 aromatic heterocycles. The molecule has 4 rings (SSSR count). The van der Waals surface area contributed by atoms with Crippen LogP contribution < -0.4 is 15.0 Å². The molecule has 0 saturated carbocycles. The van der Waals surface area contributed by atoms with Crippen LogP contribution in [0.2, 0.25) is 0 Å². The zero-order chi connectivity index (χ0) is 22.2. The third-order valence-electron chi connectivity index (χ3n) is 6.73. The monoisotopic (exact) mass is 573 g/mol. The second kappa shape index (κ2) is 13.6. The summed E-state index contributed by atoms with van der Waals surface area (Å²) in [4.78, 5) is 11.9. The fourth-order valence-electron chi connectivity index (χ4n) is 4.85. The minimum Gasteiger partial charge on any atom is -0.497 e. The molecule has 0 amide bonds. The van der Waals surface area contributed by atoms with E-state index in [0.717, 1.165) is 96.5 Å². The molecule has 0 aliphatic carbocycles. The molecule has 3 aliphatic heterocycles. The van der Waals surface area contributed by atoms with Gasteiger partial charge in [-0.2, -0.15) is 0 Å². The topological polar surface area (TPSA) is 61.8 Å². The van der Waals surface area contributed by atoms with Gasteiger partial charge in [-0.05, 0) is 50.1 Å². The van der Waals surface area contributed by atoms with Gasteiger partial charge in [0.2, 0.25) is 0 Å². The van der Waals surface area contributed by atoms with Gasteiger partial charge in [0, 0.05) is 65.2 Å². The van der Waals surface area contributed by atoms with Crippen LogP contribution in [-0.2, 0) is 9.47 Å². The van der Waals surface area contributed by atoms with Crippen molar-refractivity contribution in [3.05, 3.63) is 24.3 Å². The first-order valence-corrected chi connectivity index (χ1v) is 12.1. The van der Waals surface area contributed by atoms with Gasteiger partial charge in [0.1, 0.15) is 11.9 Å². The third kappa shape index (κ3) is 7.34. The molecule has 33 heavy (non-hydrogen) atoms. The minimum atomic E-state index is 0. The summed E-state index contributed by atoms with van der Waals surface area (Å²) in [5.41, 5.74) is 1.28. The molecule has 8 nitrogen and oxygen atoms in total. The SMILES string of the molecule is CN=C(NCCCN1CCN(c2ccc(OC)cc2)CC1)N1CCOC(C2CCCO2)C1.I. The predicted molar refractivity (Wildman–Crippen MR) is 143 cm³/mol. The van der Waals surface area contributed by atoms with E-state index >= 15 is 0 Å². The van der Waals surface area contributed by atoms with E-state index in [1.54, 1.807) is 7.11 Å². The number of ether oxygens (including phenoxy) is 3. The largest absolute Gasteiger partial charge is 0.497 e. The van der Waals surface area contributed by atoms with E-state index in [-0.39, 0.29) is 36.2 Å². The highest BCUT2D eigenvalue weighted by Gasteiger charge is 2.32. The van der Waals surface area contributed by atoms with E-state index in [9.17, 15) is 0 Å². The summed E-state index contributed by atoms with van der Waals surface area (Å²) in [6, 6.07) is 8.38. The smallest absolute Gasteiger partial charge is 0.193 e. The fourth-order valence-corrected chi connectivity index (χ4v) is 4.85. The Hall–Kier alpha value is -1.30. The molecule has 3 aliphatic rings. The first-order valence-electron chi connectivity index (χ1n) is 12.1. The standard InChI is InChI=1S/C24H39N5O3.HI/c1-25-24(29-16-18-32-23(19-29)22-5-3-17-31-22)26-10-4-11-27-12-14-28(15-13-27)20-6-8-21(30-2)9-7-20;/h6-9,22-23H,3-5,10-19H2,1-2H3,(H,25,26);1H. The van der Waals surface area contributed by atoms with Crippen molar-refractivity contribution in [3.8, 4) is 5.75 Å². The molecule has 3 saturated heterocycles. The Balaban J connectivity index is 0.00000306. The number of aliphatic imine (C=N–C) groups is 1. The normalized spacial score (nSPS) is 24.5. The van der Waals surface area contributed by atoms with Crippen molar-refractivity contribution in [1.82, 2.24) is 15.1 Å². The maximum absolute atomic E-state index is 5.98. The first-order chi connectivity index (χ1) is 15.8. The predicted octanol–water partition coefficient (Wildman–Crippen LogP) is 2.28. The Kier molecular flexibility index (Phi) is 10.8. The molecule has 0 bridgehead atoms. The van der Waals surface area contributed by atoms with E-state index in [1.807, 2.05) is 19.2 Å². The van der Waals surface area contributed by atoms with Gasteiger partial charge in [0.05, 0.1) is 19.8 Å². The number of methoxy groups -OCH3 is 1. The van der Waals surface area contributed by atoms with Crippen LogP contribution in [0.3, 0.4) is 0 Å². The van der Waals surface area contributed by atoms with Crippen LogP contribution >= 0.6 is 24.0 Å². The molecule has 3 fully saturated rings. The van der Waals surface area contributed by atoms with Gasteiger partial charge in [0.25, 0.3) is 0 Å². The minimum absolute atomic E-state index is 0. The number of hydrogen-bond donors (Lipinski definition) is 1. The Morgan fingerprint density at radius 1 is 1.06 bits per heavy atom. The van der Waals surface area contributed by atoms with Crippen LogP contribution in [-0.4, -0.2) is 108 Å². The molecule has 1 aromatic rings. The van der Waals surface area contributed by atoms with Crippen LogP contribution in [0, 0.1) is 0 Å². The highest BCUT2D eigenvalue weighted by molar-refractivity contribution is 14.0. The van der Waals surface area contributed by atoms with Crippen molar-refractivity contribution in [3.63, 3.8) is 0 Å². The van der Waals surface area contributed by atoms with Crippen LogP contribution in [0.4, 0.5) is 5.69 Å². The number of benzene rings is 1. The molecule has 9 heteroatoms. The van der Waals surface area contributed by atoms with Crippen LogP contribution in [0.5, 0.6) is 5.75 Å². The molecule has 2 atom stereocenters. The number of nitrogens with one attached hydrogen (secondary N) is 1. The Bertz CT molecular complexity index is 721. The van der Waals surface area contributed by atoms with Crippen LogP contribution in [0.1, 0.15) is 19.3 Å². The molecular weight excluding hydrogens is 533 g/mol. The van der Waals surface area contributed by atoms with E-state index in [4.69, 9.17) is 14.2 Å². The lowest BCUT2D eigenvalue weighted by molar-refractivity contribution is -0.0816. The lowest BCUT2D eigenvalue weighted by atomic mass is 10.1. The van der Waals surface area contributed by atoms with Gasteiger partial charge >= 0.3 is 0 Å². The Morgan fingerprint density at radius 2 is 1.82 bits per heavy atom. The second-order valence-electron chi connectivity index (χ2n) is 8.76. The number of rotatable bonds is 7. The summed E-state index contributed by atoms with van der Waals surface area (Å²) in [5, 5.41) is 3.57. The molecule has 0 radical (unpaired) electrons. The van der Waals surface area contributed by atoms with Crippen LogP contribution in [0.15, 0.2) is 29.3 Å². The quantitative estimate of drug-likeness (QED) is 0.233. The van der Waals surface area contributed by atoms with E-state index in [1.165, 1.54) is 5.69 Å². The third-order valence-corrected chi connectivity index (χ3v) is 6.73. The van der Waals surface area contributed by atoms with Crippen molar-refractivity contribution in [2.75, 3.05) is 84.6 Å². The fraction of sp³-hybridized carbons (Fsp3) is 0.708. The molecule has 1 aromatic carbocycles. The number of morpholine rings is 1. The summed E-state index contributed by atoms with van der Waals surface area (Å²) in [7, 11) is 3.58. The second-order valence-corrected chi connectivity index (χ2v) is 8.76. The van der Waals surface area contributed by atoms with Gasteiger partial charge in [-0.15, -0.1) is 24.0 Å². The van der Waals surface area contributed by atoms with Crippen molar-refractivity contribution < 1.29 is 14.2 Å². The molecule has 0 spiro atoms. The maximum Gasteiger partial charge on any atom is 0.193 e. The number of halogens is 1. The van der Waals surface area contributed by atoms with E-state index in [2.05, 4.69) is 37.1 Å². The summed E-state index contributed by atoms with van der Waals surface area (Å²) < 4.78 is 17.1. The summed E-state index contributed by atoms with van der Waals surface area (Å²) in [6.07, 6.45) is 3.77. The summed E-state index contributed by atoms with van der Waals surface area (Å²) in [5.74, 6) is 1.90. The zero-order valence-corrected chi connectivity index (χ0v) is 22.4. The van der Waals surface area contributed by atoms with Crippen molar-refractivity contribution >= 4 is 35.6 Å². The van der Waals surface area contributed by atoms with E-state index < -0.39 is 0 Å². The molecule has 3 heterocycles. The lowest BCUT2D eigenvalue weighted by Crippen LogP contribution is -2.53. The zero-order valence-electron chi connectivity index (χ0n) is 20.1. The van der Waals surface area contributed by atoms with Gasteiger partial charge in [-0.3, -0.25) is 9.89 Å². The van der Waals surface area contributed by atoms with Gasteiger partial charge in [-0.25, -0.2) is 0 Å². The number of nitrogens with zero attached hydrogens (tertiary/aromatic N) is 4. The van der Waals surface area contributed by atoms with Crippen molar-refractivity contribution in [2.45, 2.75) is 31.5 Å². The van der Waals surface area contributed by atoms with Gasteiger partial charge in [0.15, 0.2) is 5.96 Å². The summed E-state index contributed by atoms with van der Waals surface area (Å²) >= 11 is 0. The molecule has 186 valence electrons. The highest BCUT2D eigenvalue weighted by atomic mass is 127. The number of piperazine rings is 1. The van der Waals surface area contributed by atoms with Gasteiger partial charge in [-0.1, -0.05) is 0 Å². The Morgan fingerprint density at radius 3 is 2.48 bits per heavy atom. The van der Waals surface area contributed by atoms with Crippen molar-refractivity contribution in [1.29, 1.82) is 0 Å². The molecular formula is C24H40IN5O3. The number of anilines is 1. The molecule has 2 unspecified atom stereocenters. The Labute approximate surface area is 215 Å². The average Bonchev–Trinajstić information content (AvgIpc) is 3.40. The average molecular weight is 574 g/mol. The van der Waals surface area contributed by atoms with E-state index in [0.29, 0.717) is 0 Å². The van der Waals surface area contributed by atoms with Gasteiger partial charge < -0.3 is 29.3 Å². The summed E-state index contributed by atoms with van der Waals surface area (Å²) in [6.45, 7) is 9.75. The molecule has 1 N–H and O–H groups in total. The highest BCUT2D eigenvalue weighted by Crippen LogP contribution is 2.22.